The average molecular weight is 620 g/mol. The Morgan fingerprint density at radius 1 is 0.848 bits per heavy atom. The minimum atomic E-state index is -2.10. The van der Waals surface area contributed by atoms with Gasteiger partial charge in [0.1, 0.15) is 5.60 Å². The number of rotatable bonds is 9. The number of nitrogens with zero attached hydrogens (tertiary/aromatic N) is 3. The lowest BCUT2D eigenvalue weighted by atomic mass is 9.47. The normalized spacial score (nSPS) is 23.9. The van der Waals surface area contributed by atoms with Crippen LogP contribution in [0.25, 0.3) is 0 Å². The predicted molar refractivity (Wildman–Crippen MR) is 166 cm³/mol. The molecule has 0 aromatic heterocycles. The summed E-state index contributed by atoms with van der Waals surface area (Å²) >= 11 is 0. The first-order valence-corrected chi connectivity index (χ1v) is 14.5. The number of ether oxygens (including phenoxy) is 1. The number of esters is 1. The number of nitro benzene ring substituents is 2. The SMILES string of the molecule is CCOC(=O)[C@]1(C#N)[C@H](c2ccccc2)C[C@](O)(c2ccc([N+](=O)[O-])cc2)[C@H](C(=O)c2ccc([N+](=O)[O-])cc2)[C@@H]1c1ccccc1. The molecule has 4 aromatic rings. The van der Waals surface area contributed by atoms with E-state index in [1.54, 1.807) is 67.6 Å². The molecule has 0 heterocycles. The van der Waals surface area contributed by atoms with Gasteiger partial charge in [0.05, 0.1) is 28.4 Å². The number of nitro groups is 2. The number of hydrogen-bond acceptors (Lipinski definition) is 9. The molecule has 0 unspecified atom stereocenters. The Morgan fingerprint density at radius 3 is 1.83 bits per heavy atom. The van der Waals surface area contributed by atoms with E-state index in [1.165, 1.54) is 36.4 Å². The van der Waals surface area contributed by atoms with Crippen LogP contribution in [-0.2, 0) is 15.1 Å². The monoisotopic (exact) mass is 619 g/mol. The molecule has 0 amide bonds. The number of nitriles is 1. The third-order valence-electron chi connectivity index (χ3n) is 8.79. The molecule has 1 fully saturated rings. The summed E-state index contributed by atoms with van der Waals surface area (Å²) in [6.07, 6.45) is -0.312. The maximum atomic E-state index is 14.8. The Balaban J connectivity index is 1.86. The van der Waals surface area contributed by atoms with Crippen molar-refractivity contribution in [2.24, 2.45) is 11.3 Å². The summed E-state index contributed by atoms with van der Waals surface area (Å²) in [6, 6.07) is 29.4. The second kappa shape index (κ2) is 12.7. The quantitative estimate of drug-likeness (QED) is 0.0985. The van der Waals surface area contributed by atoms with Crippen LogP contribution in [-0.4, -0.2) is 33.3 Å². The van der Waals surface area contributed by atoms with E-state index in [-0.39, 0.29) is 35.5 Å². The largest absolute Gasteiger partial charge is 0.465 e. The zero-order valence-electron chi connectivity index (χ0n) is 24.7. The van der Waals surface area contributed by atoms with Crippen molar-refractivity contribution < 1.29 is 29.3 Å². The van der Waals surface area contributed by atoms with E-state index in [0.717, 1.165) is 12.1 Å². The first-order chi connectivity index (χ1) is 22.1. The molecule has 46 heavy (non-hydrogen) atoms. The molecule has 0 aliphatic heterocycles. The van der Waals surface area contributed by atoms with Gasteiger partial charge in [-0.25, -0.2) is 0 Å². The highest BCUT2D eigenvalue weighted by atomic mass is 16.6. The van der Waals surface area contributed by atoms with Crippen LogP contribution in [0, 0.1) is 42.9 Å². The van der Waals surface area contributed by atoms with E-state index in [9.17, 15) is 40.2 Å². The Morgan fingerprint density at radius 2 is 1.35 bits per heavy atom. The molecule has 5 rings (SSSR count). The van der Waals surface area contributed by atoms with Crippen molar-refractivity contribution in [2.75, 3.05) is 6.61 Å². The molecule has 0 spiro atoms. The summed E-state index contributed by atoms with van der Waals surface area (Å²) < 4.78 is 5.57. The van der Waals surface area contributed by atoms with Crippen molar-refractivity contribution in [1.82, 2.24) is 0 Å². The molecule has 232 valence electrons. The summed E-state index contributed by atoms with van der Waals surface area (Å²) in [4.78, 5) is 50.6. The molecule has 1 saturated carbocycles. The molecule has 0 bridgehead atoms. The summed E-state index contributed by atoms with van der Waals surface area (Å²) in [5.74, 6) is -5.39. The van der Waals surface area contributed by atoms with Crippen LogP contribution in [0.4, 0.5) is 11.4 Å². The Labute approximate surface area is 264 Å². The van der Waals surface area contributed by atoms with Gasteiger partial charge >= 0.3 is 5.97 Å². The maximum Gasteiger partial charge on any atom is 0.327 e. The molecule has 0 radical (unpaired) electrons. The van der Waals surface area contributed by atoms with Gasteiger partial charge in [-0.15, -0.1) is 0 Å². The third kappa shape index (κ3) is 5.39. The molecule has 11 heteroatoms. The van der Waals surface area contributed by atoms with Crippen molar-refractivity contribution in [2.45, 2.75) is 30.8 Å². The van der Waals surface area contributed by atoms with Gasteiger partial charge < -0.3 is 9.84 Å². The van der Waals surface area contributed by atoms with Crippen LogP contribution in [0.5, 0.6) is 0 Å². The zero-order chi connectivity index (χ0) is 33.1. The number of aliphatic hydroxyl groups is 1. The van der Waals surface area contributed by atoms with E-state index in [2.05, 4.69) is 6.07 Å². The molecule has 1 aliphatic carbocycles. The molecule has 11 nitrogen and oxygen atoms in total. The Bertz CT molecular complexity index is 1810. The summed E-state index contributed by atoms with van der Waals surface area (Å²) in [5.41, 5.74) is -3.51. The number of Topliss-reactive ketones (excluding diaryl/α,β-unsaturated/α-hetero) is 1. The van der Waals surface area contributed by atoms with Crippen molar-refractivity contribution in [1.29, 1.82) is 5.26 Å². The van der Waals surface area contributed by atoms with Gasteiger partial charge in [0.15, 0.2) is 11.2 Å². The van der Waals surface area contributed by atoms with Gasteiger partial charge in [0, 0.05) is 41.7 Å². The zero-order valence-corrected chi connectivity index (χ0v) is 24.7. The van der Waals surface area contributed by atoms with Crippen LogP contribution in [0.2, 0.25) is 0 Å². The average Bonchev–Trinajstić information content (AvgIpc) is 3.08. The maximum absolute atomic E-state index is 14.8. The van der Waals surface area contributed by atoms with E-state index in [0.29, 0.717) is 11.1 Å². The van der Waals surface area contributed by atoms with Gasteiger partial charge in [0.2, 0.25) is 0 Å². The first kappa shape index (κ1) is 31.7. The predicted octanol–water partition coefficient (Wildman–Crippen LogP) is 6.23. The van der Waals surface area contributed by atoms with Crippen LogP contribution in [0.15, 0.2) is 109 Å². The lowest BCUT2D eigenvalue weighted by molar-refractivity contribution is -0.385. The number of ketones is 1. The van der Waals surface area contributed by atoms with Gasteiger partial charge in [-0.1, -0.05) is 60.7 Å². The highest BCUT2D eigenvalue weighted by Crippen LogP contribution is 2.63. The third-order valence-corrected chi connectivity index (χ3v) is 8.79. The Hall–Kier alpha value is -5.73. The minimum absolute atomic E-state index is 0.00530. The van der Waals surface area contributed by atoms with E-state index in [4.69, 9.17) is 4.74 Å². The smallest absolute Gasteiger partial charge is 0.327 e. The van der Waals surface area contributed by atoms with Crippen LogP contribution in [0.1, 0.15) is 52.2 Å². The van der Waals surface area contributed by atoms with Gasteiger partial charge in [-0.05, 0) is 54.3 Å². The summed E-state index contributed by atoms with van der Waals surface area (Å²) in [7, 11) is 0. The van der Waals surface area contributed by atoms with Gasteiger partial charge in [-0.2, -0.15) is 5.26 Å². The fourth-order valence-electron chi connectivity index (χ4n) is 6.71. The minimum Gasteiger partial charge on any atom is -0.465 e. The van der Waals surface area contributed by atoms with Crippen molar-refractivity contribution in [3.63, 3.8) is 0 Å². The topological polar surface area (TPSA) is 174 Å². The lowest BCUT2D eigenvalue weighted by Gasteiger charge is -2.54. The highest BCUT2D eigenvalue weighted by molar-refractivity contribution is 6.01. The molecule has 4 aromatic carbocycles. The van der Waals surface area contributed by atoms with Crippen LogP contribution >= 0.6 is 0 Å². The molecule has 0 saturated heterocycles. The van der Waals surface area contributed by atoms with Gasteiger partial charge in [-0.3, -0.25) is 29.8 Å². The van der Waals surface area contributed by atoms with Crippen molar-refractivity contribution >= 4 is 23.1 Å². The number of carbonyl (C=O) groups excluding carboxylic acids is 2. The fourth-order valence-corrected chi connectivity index (χ4v) is 6.71. The number of hydrogen-bond donors (Lipinski definition) is 1. The molecule has 5 atom stereocenters. The molecule has 1 aliphatic rings. The Kier molecular flexibility index (Phi) is 8.76. The lowest BCUT2D eigenvalue weighted by Crippen LogP contribution is -2.59. The standard InChI is InChI=1S/C35H29N3O8/c1-2-46-33(40)34(22-36)29(23-9-5-3-6-10-23)21-35(41,26-15-19-28(20-16-26)38(44)45)31(30(34)24-11-7-4-8-12-24)32(39)25-13-17-27(18-14-25)37(42)43/h3-20,29-31,41H,2,21H2,1H3/t29-,30-,31-,34+,35-/m0/s1. The van der Waals surface area contributed by atoms with Crippen LogP contribution in [0.3, 0.4) is 0 Å². The second-order valence-corrected chi connectivity index (χ2v) is 11.1. The van der Waals surface area contributed by atoms with Gasteiger partial charge in [0.25, 0.3) is 11.4 Å². The van der Waals surface area contributed by atoms with E-state index < -0.39 is 50.4 Å². The van der Waals surface area contributed by atoms with Crippen molar-refractivity contribution in [3.8, 4) is 6.07 Å². The van der Waals surface area contributed by atoms with Crippen LogP contribution < -0.4 is 0 Å². The highest BCUT2D eigenvalue weighted by Gasteiger charge is 2.67. The number of non-ortho nitro benzene ring substituents is 2. The molecule has 1 N–H and O–H groups in total. The fraction of sp³-hybridized carbons (Fsp3) is 0.229. The number of carbonyl (C=O) groups is 2. The molecular weight excluding hydrogens is 590 g/mol. The summed E-state index contributed by atoms with van der Waals surface area (Å²) in [6.45, 7) is 1.55. The van der Waals surface area contributed by atoms with Crippen molar-refractivity contribution in [3.05, 3.63) is 152 Å². The van der Waals surface area contributed by atoms with E-state index in [1.807, 2.05) is 0 Å². The number of benzene rings is 4. The first-order valence-electron chi connectivity index (χ1n) is 14.5. The molecular formula is C35H29N3O8. The van der Waals surface area contributed by atoms with E-state index >= 15 is 0 Å². The second-order valence-electron chi connectivity index (χ2n) is 11.1. The summed E-state index contributed by atoms with van der Waals surface area (Å²) in [5, 5.41) is 46.9.